The number of nitrogens with one attached hydrogen (secondary N) is 1. The summed E-state index contributed by atoms with van der Waals surface area (Å²) in [6.07, 6.45) is 8.92. The summed E-state index contributed by atoms with van der Waals surface area (Å²) in [5.74, 6) is 0. The van der Waals surface area contributed by atoms with Crippen molar-refractivity contribution in [2.24, 2.45) is 0 Å². The van der Waals surface area contributed by atoms with Crippen molar-refractivity contribution in [1.82, 2.24) is 10.2 Å². The summed E-state index contributed by atoms with van der Waals surface area (Å²) in [6.45, 7) is 5.97. The average Bonchev–Trinajstić information content (AvgIpc) is 2.96. The Morgan fingerprint density at radius 3 is 2.76 bits per heavy atom. The van der Waals surface area contributed by atoms with Gasteiger partial charge in [-0.15, -0.1) is 12.4 Å². The van der Waals surface area contributed by atoms with Crippen LogP contribution in [0.15, 0.2) is 23.0 Å². The number of likely N-dealkylation sites (tertiary alicyclic amines) is 1. The second-order valence-corrected chi connectivity index (χ2v) is 4.56. The Bertz CT molecular complexity index is 271. The Kier molecular flexibility index (Phi) is 7.33. The third-order valence-corrected chi connectivity index (χ3v) is 3.19. The molecule has 1 saturated heterocycles. The molecule has 1 aliphatic rings. The molecule has 0 unspecified atom stereocenters. The molecule has 3 nitrogen and oxygen atoms in total. The summed E-state index contributed by atoms with van der Waals surface area (Å²) >= 11 is 0. The van der Waals surface area contributed by atoms with Crippen molar-refractivity contribution in [2.75, 3.05) is 26.2 Å². The van der Waals surface area contributed by atoms with Crippen LogP contribution in [0.5, 0.6) is 0 Å². The van der Waals surface area contributed by atoms with Crippen molar-refractivity contribution in [2.45, 2.75) is 32.2 Å². The molecule has 0 bridgehead atoms. The third kappa shape index (κ3) is 5.57. The molecule has 0 atom stereocenters. The fourth-order valence-corrected chi connectivity index (χ4v) is 2.22. The number of nitrogens with zero attached hydrogens (tertiary/aromatic N) is 1. The van der Waals surface area contributed by atoms with Gasteiger partial charge < -0.3 is 14.6 Å². The molecule has 98 valence electrons. The van der Waals surface area contributed by atoms with Gasteiger partial charge in [0.05, 0.1) is 12.5 Å². The van der Waals surface area contributed by atoms with Crippen molar-refractivity contribution < 1.29 is 4.42 Å². The molecule has 2 rings (SSSR count). The van der Waals surface area contributed by atoms with Gasteiger partial charge in [0.25, 0.3) is 0 Å². The Labute approximate surface area is 110 Å². The van der Waals surface area contributed by atoms with Crippen LogP contribution in [-0.4, -0.2) is 31.1 Å². The minimum atomic E-state index is 0. The maximum absolute atomic E-state index is 5.01. The zero-order chi connectivity index (χ0) is 11.1. The van der Waals surface area contributed by atoms with E-state index < -0.39 is 0 Å². The molecule has 0 amide bonds. The van der Waals surface area contributed by atoms with Crippen LogP contribution in [0.25, 0.3) is 0 Å². The van der Waals surface area contributed by atoms with Crippen molar-refractivity contribution >= 4 is 12.4 Å². The fraction of sp³-hybridized carbons (Fsp3) is 0.692. The summed E-state index contributed by atoms with van der Waals surface area (Å²) < 4.78 is 5.01. The predicted molar refractivity (Wildman–Crippen MR) is 72.6 cm³/mol. The molecule has 0 spiro atoms. The smallest absolute Gasteiger partial charge is 0.0947 e. The van der Waals surface area contributed by atoms with Crippen LogP contribution < -0.4 is 5.32 Å². The Balaban J connectivity index is 0.00000144. The van der Waals surface area contributed by atoms with Crippen LogP contribution in [-0.2, 0) is 6.54 Å². The Hall–Kier alpha value is -0.510. The van der Waals surface area contributed by atoms with Gasteiger partial charge in [-0.2, -0.15) is 0 Å². The molecular formula is C13H23ClN2O. The summed E-state index contributed by atoms with van der Waals surface area (Å²) in [7, 11) is 0. The molecular weight excluding hydrogens is 236 g/mol. The molecule has 1 fully saturated rings. The second-order valence-electron chi connectivity index (χ2n) is 4.56. The summed E-state index contributed by atoms with van der Waals surface area (Å²) in [6, 6.07) is 2.01. The first kappa shape index (κ1) is 14.6. The molecule has 0 radical (unpaired) electrons. The number of furan rings is 1. The van der Waals surface area contributed by atoms with Gasteiger partial charge in [0, 0.05) is 12.1 Å². The number of hydrogen-bond acceptors (Lipinski definition) is 3. The van der Waals surface area contributed by atoms with Gasteiger partial charge >= 0.3 is 0 Å². The quantitative estimate of drug-likeness (QED) is 0.763. The topological polar surface area (TPSA) is 28.4 Å². The molecule has 1 aromatic rings. The standard InChI is InChI=1S/C13H22N2O.ClH/c1(2-7-15-8-3-4-9-15)6-14-11-13-5-10-16-12-13;/h5,10,12,14H,1-4,6-9,11H2;1H. The molecule has 2 heterocycles. The van der Waals surface area contributed by atoms with Crippen molar-refractivity contribution in [1.29, 1.82) is 0 Å². The lowest BCUT2D eigenvalue weighted by Crippen LogP contribution is -2.22. The van der Waals surface area contributed by atoms with Crippen molar-refractivity contribution in [3.63, 3.8) is 0 Å². The highest BCUT2D eigenvalue weighted by atomic mass is 35.5. The first-order valence-corrected chi connectivity index (χ1v) is 6.39. The maximum Gasteiger partial charge on any atom is 0.0947 e. The predicted octanol–water partition coefficient (Wildman–Crippen LogP) is 2.67. The molecule has 1 aromatic heterocycles. The van der Waals surface area contributed by atoms with Crippen LogP contribution in [0.4, 0.5) is 0 Å². The van der Waals surface area contributed by atoms with E-state index in [1.807, 2.05) is 6.07 Å². The lowest BCUT2D eigenvalue weighted by Gasteiger charge is -2.13. The van der Waals surface area contributed by atoms with Gasteiger partial charge in [-0.05, 0) is 57.9 Å². The molecule has 1 N–H and O–H groups in total. The van der Waals surface area contributed by atoms with E-state index in [0.717, 1.165) is 13.1 Å². The van der Waals surface area contributed by atoms with E-state index in [4.69, 9.17) is 4.42 Å². The first-order valence-electron chi connectivity index (χ1n) is 6.39. The summed E-state index contributed by atoms with van der Waals surface area (Å²) in [5, 5.41) is 3.43. The molecule has 0 aromatic carbocycles. The van der Waals surface area contributed by atoms with E-state index in [2.05, 4.69) is 10.2 Å². The number of halogens is 1. The molecule has 0 aliphatic carbocycles. The molecule has 0 saturated carbocycles. The third-order valence-electron chi connectivity index (χ3n) is 3.19. The van der Waals surface area contributed by atoms with Crippen LogP contribution >= 0.6 is 12.4 Å². The molecule has 17 heavy (non-hydrogen) atoms. The van der Waals surface area contributed by atoms with Gasteiger partial charge in [0.2, 0.25) is 0 Å². The fourth-order valence-electron chi connectivity index (χ4n) is 2.22. The minimum absolute atomic E-state index is 0. The Morgan fingerprint density at radius 1 is 1.24 bits per heavy atom. The van der Waals surface area contributed by atoms with Crippen LogP contribution in [0, 0.1) is 0 Å². The normalized spacial score (nSPS) is 16.0. The average molecular weight is 259 g/mol. The Morgan fingerprint density at radius 2 is 2.06 bits per heavy atom. The largest absolute Gasteiger partial charge is 0.472 e. The zero-order valence-corrected chi connectivity index (χ0v) is 11.2. The lowest BCUT2D eigenvalue weighted by atomic mass is 10.3. The van der Waals surface area contributed by atoms with Gasteiger partial charge in [-0.1, -0.05) is 0 Å². The van der Waals surface area contributed by atoms with Crippen LogP contribution in [0.2, 0.25) is 0 Å². The highest BCUT2D eigenvalue weighted by Gasteiger charge is 2.09. The molecule has 1 aliphatic heterocycles. The molecule has 4 heteroatoms. The minimum Gasteiger partial charge on any atom is -0.472 e. The van der Waals surface area contributed by atoms with Gasteiger partial charge in [-0.3, -0.25) is 0 Å². The maximum atomic E-state index is 5.01. The number of hydrogen-bond donors (Lipinski definition) is 1. The van der Waals surface area contributed by atoms with Crippen LogP contribution in [0.3, 0.4) is 0 Å². The zero-order valence-electron chi connectivity index (χ0n) is 10.4. The van der Waals surface area contributed by atoms with E-state index in [1.54, 1.807) is 12.5 Å². The highest BCUT2D eigenvalue weighted by Crippen LogP contribution is 2.08. The number of rotatable bonds is 7. The van der Waals surface area contributed by atoms with Gasteiger partial charge in [0.15, 0.2) is 0 Å². The van der Waals surface area contributed by atoms with E-state index in [1.165, 1.54) is 50.9 Å². The van der Waals surface area contributed by atoms with E-state index in [0.29, 0.717) is 0 Å². The van der Waals surface area contributed by atoms with Gasteiger partial charge in [-0.25, -0.2) is 0 Å². The number of unbranched alkanes of at least 4 members (excludes halogenated alkanes) is 1. The summed E-state index contributed by atoms with van der Waals surface area (Å²) in [5.41, 5.74) is 1.24. The van der Waals surface area contributed by atoms with Crippen molar-refractivity contribution in [3.8, 4) is 0 Å². The monoisotopic (exact) mass is 258 g/mol. The summed E-state index contributed by atoms with van der Waals surface area (Å²) in [4.78, 5) is 2.58. The van der Waals surface area contributed by atoms with Gasteiger partial charge in [0.1, 0.15) is 0 Å². The first-order chi connectivity index (χ1) is 7.95. The highest BCUT2D eigenvalue weighted by molar-refractivity contribution is 5.85. The van der Waals surface area contributed by atoms with E-state index in [9.17, 15) is 0 Å². The SMILES string of the molecule is Cl.c1cc(CNCCCCN2CCCC2)co1. The van der Waals surface area contributed by atoms with E-state index >= 15 is 0 Å². The van der Waals surface area contributed by atoms with E-state index in [-0.39, 0.29) is 12.4 Å². The lowest BCUT2D eigenvalue weighted by molar-refractivity contribution is 0.329. The van der Waals surface area contributed by atoms with Crippen LogP contribution in [0.1, 0.15) is 31.2 Å². The second kappa shape index (κ2) is 8.56. The van der Waals surface area contributed by atoms with Crippen molar-refractivity contribution in [3.05, 3.63) is 24.2 Å².